The van der Waals surface area contributed by atoms with Gasteiger partial charge >= 0.3 is 0 Å². The van der Waals surface area contributed by atoms with Crippen molar-refractivity contribution in [1.82, 2.24) is 15.5 Å². The third kappa shape index (κ3) is 1.84. The predicted octanol–water partition coefficient (Wildman–Crippen LogP) is 2.36. The van der Waals surface area contributed by atoms with E-state index in [1.54, 1.807) is 6.26 Å². The molecule has 1 unspecified atom stereocenters. The Bertz CT molecular complexity index is 498. The highest BCUT2D eigenvalue weighted by atomic mass is 16.5. The Labute approximate surface area is 106 Å². The second-order valence-corrected chi connectivity index (χ2v) is 4.86. The van der Waals surface area contributed by atoms with Gasteiger partial charge in [0.2, 0.25) is 11.7 Å². The van der Waals surface area contributed by atoms with Gasteiger partial charge in [0.1, 0.15) is 0 Å². The van der Waals surface area contributed by atoms with Gasteiger partial charge < -0.3 is 14.3 Å². The molecular weight excluding hydrogens is 230 g/mol. The zero-order valence-electron chi connectivity index (χ0n) is 10.5. The predicted molar refractivity (Wildman–Crippen MR) is 66.1 cm³/mol. The monoisotopic (exact) mass is 247 g/mol. The average Bonchev–Trinajstić information content (AvgIpc) is 3.11. The van der Waals surface area contributed by atoms with E-state index < -0.39 is 0 Å². The molecule has 1 atom stereocenters. The third-order valence-electron chi connectivity index (χ3n) is 3.59. The Kier molecular flexibility index (Phi) is 2.91. The fourth-order valence-electron chi connectivity index (χ4n) is 2.67. The van der Waals surface area contributed by atoms with Crippen LogP contribution in [-0.4, -0.2) is 23.2 Å². The van der Waals surface area contributed by atoms with E-state index in [9.17, 15) is 0 Å². The highest BCUT2D eigenvalue weighted by molar-refractivity contribution is 5.45. The van der Waals surface area contributed by atoms with Gasteiger partial charge in [-0.05, 0) is 31.5 Å². The lowest BCUT2D eigenvalue weighted by Gasteiger charge is -2.22. The summed E-state index contributed by atoms with van der Waals surface area (Å²) in [6.07, 6.45) is 4.85. The number of hydrogen-bond acceptors (Lipinski definition) is 5. The van der Waals surface area contributed by atoms with Crippen molar-refractivity contribution in [1.29, 1.82) is 0 Å². The summed E-state index contributed by atoms with van der Waals surface area (Å²) in [6, 6.07) is 3.67. The van der Waals surface area contributed by atoms with Crippen LogP contribution in [0.15, 0.2) is 27.3 Å². The zero-order valence-corrected chi connectivity index (χ0v) is 10.5. The molecule has 0 spiro atoms. The van der Waals surface area contributed by atoms with Crippen LogP contribution in [0.4, 0.5) is 0 Å². The Morgan fingerprint density at radius 1 is 1.50 bits per heavy atom. The van der Waals surface area contributed by atoms with Crippen molar-refractivity contribution in [3.63, 3.8) is 0 Å². The topological polar surface area (TPSA) is 64.1 Å². The van der Waals surface area contributed by atoms with Crippen LogP contribution in [0.5, 0.6) is 0 Å². The molecule has 3 rings (SSSR count). The SMILES string of the molecule is CCCC1(c2nc(-c3ccco3)no2)CCNC1. The molecule has 18 heavy (non-hydrogen) atoms. The summed E-state index contributed by atoms with van der Waals surface area (Å²) in [7, 11) is 0. The molecule has 1 aliphatic heterocycles. The lowest BCUT2D eigenvalue weighted by molar-refractivity contribution is 0.277. The van der Waals surface area contributed by atoms with Crippen molar-refractivity contribution in [3.8, 4) is 11.6 Å². The van der Waals surface area contributed by atoms with Crippen LogP contribution in [-0.2, 0) is 5.41 Å². The Hall–Kier alpha value is -1.62. The summed E-state index contributed by atoms with van der Waals surface area (Å²) in [5.41, 5.74) is 0.00654. The molecule has 1 aliphatic rings. The van der Waals surface area contributed by atoms with Crippen molar-refractivity contribution in [2.45, 2.75) is 31.6 Å². The second kappa shape index (κ2) is 4.57. The third-order valence-corrected chi connectivity index (χ3v) is 3.59. The maximum atomic E-state index is 5.47. The van der Waals surface area contributed by atoms with E-state index >= 15 is 0 Å². The molecule has 1 N–H and O–H groups in total. The van der Waals surface area contributed by atoms with E-state index in [0.29, 0.717) is 11.6 Å². The molecule has 0 aromatic carbocycles. The highest BCUT2D eigenvalue weighted by Gasteiger charge is 2.40. The standard InChI is InChI=1S/C13H17N3O2/c1-2-5-13(6-7-14-9-13)12-15-11(16-18-12)10-4-3-8-17-10/h3-4,8,14H,2,5-7,9H2,1H3. The molecule has 5 nitrogen and oxygen atoms in total. The first kappa shape index (κ1) is 11.5. The number of hydrogen-bond donors (Lipinski definition) is 1. The molecule has 96 valence electrons. The van der Waals surface area contributed by atoms with Crippen LogP contribution in [0.2, 0.25) is 0 Å². The maximum Gasteiger partial charge on any atom is 0.238 e. The Balaban J connectivity index is 1.92. The van der Waals surface area contributed by atoms with E-state index in [1.807, 2.05) is 12.1 Å². The molecule has 5 heteroatoms. The number of aromatic nitrogens is 2. The van der Waals surface area contributed by atoms with Gasteiger partial charge in [0.05, 0.1) is 11.7 Å². The molecule has 1 fully saturated rings. The van der Waals surface area contributed by atoms with E-state index in [2.05, 4.69) is 22.4 Å². The van der Waals surface area contributed by atoms with Crippen LogP contribution in [0.3, 0.4) is 0 Å². The van der Waals surface area contributed by atoms with Crippen LogP contribution < -0.4 is 5.32 Å². The van der Waals surface area contributed by atoms with Gasteiger partial charge in [-0.3, -0.25) is 0 Å². The lowest BCUT2D eigenvalue weighted by Crippen LogP contribution is -2.29. The first-order valence-electron chi connectivity index (χ1n) is 6.43. The van der Waals surface area contributed by atoms with Gasteiger partial charge in [-0.25, -0.2) is 0 Å². The van der Waals surface area contributed by atoms with Gasteiger partial charge in [-0.2, -0.15) is 4.98 Å². The molecule has 2 aromatic heterocycles. The van der Waals surface area contributed by atoms with Crippen LogP contribution in [0.1, 0.15) is 32.1 Å². The first-order valence-corrected chi connectivity index (χ1v) is 6.43. The lowest BCUT2D eigenvalue weighted by atomic mass is 9.82. The smallest absolute Gasteiger partial charge is 0.238 e. The summed E-state index contributed by atoms with van der Waals surface area (Å²) in [5, 5.41) is 7.41. The largest absolute Gasteiger partial charge is 0.461 e. The molecule has 0 aliphatic carbocycles. The maximum absolute atomic E-state index is 5.47. The van der Waals surface area contributed by atoms with Crippen molar-refractivity contribution in [2.75, 3.05) is 13.1 Å². The van der Waals surface area contributed by atoms with Crippen LogP contribution in [0, 0.1) is 0 Å². The number of nitrogens with one attached hydrogen (secondary N) is 1. The molecule has 2 aromatic rings. The minimum atomic E-state index is 0.00654. The number of rotatable bonds is 4. The minimum absolute atomic E-state index is 0.00654. The number of furan rings is 1. The number of nitrogens with zero attached hydrogens (tertiary/aromatic N) is 2. The van der Waals surface area contributed by atoms with Gasteiger partial charge in [0.15, 0.2) is 5.76 Å². The molecular formula is C13H17N3O2. The molecule has 0 saturated carbocycles. The zero-order chi connectivity index (χ0) is 12.4. The summed E-state index contributed by atoms with van der Waals surface area (Å²) < 4.78 is 10.8. The Morgan fingerprint density at radius 3 is 3.11 bits per heavy atom. The fourth-order valence-corrected chi connectivity index (χ4v) is 2.67. The molecule has 0 radical (unpaired) electrons. The summed E-state index contributed by atoms with van der Waals surface area (Å²) in [5.74, 6) is 1.93. The quantitative estimate of drug-likeness (QED) is 0.898. The summed E-state index contributed by atoms with van der Waals surface area (Å²) >= 11 is 0. The van der Waals surface area contributed by atoms with Crippen LogP contribution >= 0.6 is 0 Å². The van der Waals surface area contributed by atoms with Crippen molar-refractivity contribution >= 4 is 0 Å². The fraction of sp³-hybridized carbons (Fsp3) is 0.538. The van der Waals surface area contributed by atoms with Gasteiger partial charge in [-0.15, -0.1) is 0 Å². The minimum Gasteiger partial charge on any atom is -0.461 e. The Morgan fingerprint density at radius 2 is 2.44 bits per heavy atom. The summed E-state index contributed by atoms with van der Waals surface area (Å²) in [6.45, 7) is 4.11. The molecule has 1 saturated heterocycles. The average molecular weight is 247 g/mol. The van der Waals surface area contributed by atoms with Gasteiger partial charge in [0, 0.05) is 6.54 Å². The normalized spacial score (nSPS) is 23.6. The highest BCUT2D eigenvalue weighted by Crippen LogP contribution is 2.35. The van der Waals surface area contributed by atoms with Crippen molar-refractivity contribution < 1.29 is 8.94 Å². The molecule has 3 heterocycles. The van der Waals surface area contributed by atoms with Crippen molar-refractivity contribution in [3.05, 3.63) is 24.3 Å². The van der Waals surface area contributed by atoms with E-state index in [1.165, 1.54) is 0 Å². The summed E-state index contributed by atoms with van der Waals surface area (Å²) in [4.78, 5) is 4.51. The van der Waals surface area contributed by atoms with Gasteiger partial charge in [-0.1, -0.05) is 18.5 Å². The van der Waals surface area contributed by atoms with E-state index in [0.717, 1.165) is 38.2 Å². The van der Waals surface area contributed by atoms with Gasteiger partial charge in [0.25, 0.3) is 0 Å². The first-order chi connectivity index (χ1) is 8.84. The van der Waals surface area contributed by atoms with E-state index in [4.69, 9.17) is 8.94 Å². The molecule has 0 bridgehead atoms. The van der Waals surface area contributed by atoms with Crippen LogP contribution in [0.25, 0.3) is 11.6 Å². The van der Waals surface area contributed by atoms with Crippen molar-refractivity contribution in [2.24, 2.45) is 0 Å². The van der Waals surface area contributed by atoms with E-state index in [-0.39, 0.29) is 5.41 Å². The second-order valence-electron chi connectivity index (χ2n) is 4.86. The molecule has 0 amide bonds.